The van der Waals surface area contributed by atoms with Gasteiger partial charge in [0.2, 0.25) is 5.36 Å². The van der Waals surface area contributed by atoms with Crippen LogP contribution in [-0.4, -0.2) is 56.8 Å². The standard InChI is InChI=1S/C27H31N2O.C6H12O3S2.CH5N/c1-5-28(6-2)21-14-16-23-25(18-21)30-26-19-22(29(7-3)8-4)15-17-24(26)27(23)20-12-10-9-11-13-20;1-2-6(10)4-3-5-11(7,8)9;1-2/h9-19H,5-8H2,1-4H3;2-5H2,1H3,(H,7,8,9);2H2,1H3/q+1;;. The van der Waals surface area contributed by atoms with Crippen molar-refractivity contribution in [2.24, 2.45) is 5.73 Å². The van der Waals surface area contributed by atoms with E-state index in [2.05, 4.69) is 110 Å². The van der Waals surface area contributed by atoms with Crippen molar-refractivity contribution in [2.45, 2.75) is 53.9 Å². The molecule has 4 rings (SSSR count). The number of anilines is 1. The predicted molar refractivity (Wildman–Crippen MR) is 187 cm³/mol. The topological polar surface area (TPSA) is 99.8 Å². The van der Waals surface area contributed by atoms with Crippen LogP contribution in [0, 0.1) is 0 Å². The van der Waals surface area contributed by atoms with Crippen molar-refractivity contribution < 1.29 is 17.4 Å². The van der Waals surface area contributed by atoms with Crippen molar-refractivity contribution in [3.63, 3.8) is 0 Å². The van der Waals surface area contributed by atoms with Crippen LogP contribution in [0.25, 0.3) is 33.4 Å². The minimum Gasteiger partial charge on any atom is -0.456 e. The number of hydrogen-bond acceptors (Lipinski definition) is 6. The summed E-state index contributed by atoms with van der Waals surface area (Å²) in [6.45, 7) is 14.6. The molecule has 0 saturated carbocycles. The van der Waals surface area contributed by atoms with Crippen LogP contribution >= 0.6 is 12.2 Å². The summed E-state index contributed by atoms with van der Waals surface area (Å²) in [5.41, 5.74) is 10.2. The molecule has 2 aromatic rings. The smallest absolute Gasteiger partial charge is 0.264 e. The molecule has 2 aliphatic rings. The van der Waals surface area contributed by atoms with Gasteiger partial charge in [-0.15, -0.1) is 0 Å². The van der Waals surface area contributed by atoms with E-state index in [4.69, 9.17) is 21.2 Å². The van der Waals surface area contributed by atoms with Gasteiger partial charge in [-0.2, -0.15) is 8.42 Å². The molecule has 0 spiro atoms. The molecule has 0 fully saturated rings. The van der Waals surface area contributed by atoms with Crippen LogP contribution in [0.2, 0.25) is 0 Å². The zero-order valence-electron chi connectivity index (χ0n) is 26.5. The second kappa shape index (κ2) is 17.9. The molecule has 0 saturated heterocycles. The second-order valence-electron chi connectivity index (χ2n) is 9.83. The van der Waals surface area contributed by atoms with Crippen LogP contribution < -0.4 is 20.6 Å². The van der Waals surface area contributed by atoms with E-state index in [0.717, 1.165) is 59.8 Å². The van der Waals surface area contributed by atoms with Gasteiger partial charge in [0.05, 0.1) is 11.8 Å². The average molecular weight is 627 g/mol. The summed E-state index contributed by atoms with van der Waals surface area (Å²) in [7, 11) is -2.29. The summed E-state index contributed by atoms with van der Waals surface area (Å²) in [4.78, 5) is 3.21. The van der Waals surface area contributed by atoms with E-state index < -0.39 is 10.1 Å². The molecule has 9 heteroatoms. The third-order valence-corrected chi connectivity index (χ3v) is 8.56. The Morgan fingerprint density at radius 1 is 0.930 bits per heavy atom. The summed E-state index contributed by atoms with van der Waals surface area (Å²) in [6, 6.07) is 23.9. The highest BCUT2D eigenvalue weighted by molar-refractivity contribution is 7.85. The Bertz CT molecular complexity index is 1590. The van der Waals surface area contributed by atoms with Gasteiger partial charge in [-0.3, -0.25) is 4.55 Å². The molecule has 1 heterocycles. The lowest BCUT2D eigenvalue weighted by Crippen LogP contribution is -2.29. The van der Waals surface area contributed by atoms with Crippen molar-refractivity contribution in [3.05, 3.63) is 72.1 Å². The monoisotopic (exact) mass is 626 g/mol. The van der Waals surface area contributed by atoms with Crippen LogP contribution in [0.4, 0.5) is 5.69 Å². The number of nitrogens with two attached hydrogens (primary N) is 1. The van der Waals surface area contributed by atoms with Gasteiger partial charge in [-0.1, -0.05) is 49.5 Å². The number of fused-ring (bicyclic) bond motifs is 2. The largest absolute Gasteiger partial charge is 0.456 e. The van der Waals surface area contributed by atoms with Crippen molar-refractivity contribution in [1.29, 1.82) is 0 Å². The van der Waals surface area contributed by atoms with Gasteiger partial charge in [0.1, 0.15) is 24.4 Å². The molecule has 0 bridgehead atoms. The molecule has 0 unspecified atom stereocenters. The number of hydrogen-bond donors (Lipinski definition) is 2. The van der Waals surface area contributed by atoms with Crippen LogP contribution in [0.1, 0.15) is 53.9 Å². The molecule has 1 aliphatic carbocycles. The Kier molecular flexibility index (Phi) is 15.0. The molecular formula is C34H48N3O4S2+. The number of benzene rings is 3. The van der Waals surface area contributed by atoms with Gasteiger partial charge < -0.3 is 15.1 Å². The van der Waals surface area contributed by atoms with Gasteiger partial charge in [0, 0.05) is 47.4 Å². The summed E-state index contributed by atoms with van der Waals surface area (Å²) in [5, 5.41) is 2.36. The summed E-state index contributed by atoms with van der Waals surface area (Å²) in [5.74, 6) is 0.745. The van der Waals surface area contributed by atoms with Crippen LogP contribution in [-0.2, 0) is 10.1 Å². The minimum atomic E-state index is -3.79. The number of nitrogens with zero attached hydrogens (tertiary/aromatic N) is 2. The van der Waals surface area contributed by atoms with E-state index in [9.17, 15) is 8.42 Å². The van der Waals surface area contributed by atoms with Gasteiger partial charge in [0.25, 0.3) is 10.1 Å². The molecule has 3 N–H and O–H groups in total. The maximum Gasteiger partial charge on any atom is 0.264 e. The first kappa shape index (κ1) is 36.1. The van der Waals surface area contributed by atoms with Gasteiger partial charge in [-0.25, -0.2) is 4.58 Å². The van der Waals surface area contributed by atoms with E-state index in [1.807, 2.05) is 6.92 Å². The van der Waals surface area contributed by atoms with E-state index in [1.54, 1.807) is 0 Å². The van der Waals surface area contributed by atoms with Crippen molar-refractivity contribution in [1.82, 2.24) is 4.58 Å². The van der Waals surface area contributed by atoms with E-state index in [-0.39, 0.29) is 5.75 Å². The molecular weight excluding hydrogens is 579 g/mol. The van der Waals surface area contributed by atoms with E-state index in [0.29, 0.717) is 12.8 Å². The molecule has 0 atom stereocenters. The molecule has 0 aromatic heterocycles. The Hall–Kier alpha value is -3.11. The van der Waals surface area contributed by atoms with Crippen molar-refractivity contribution in [3.8, 4) is 22.5 Å². The SMILES string of the molecule is CCC(=S)CCCS(=O)(=O)O.CCN(CC)c1ccc2c(-c3ccccc3)c3ccc(=[N+](CC)CC)cc-3oc2c1.CN. The summed E-state index contributed by atoms with van der Waals surface area (Å²) < 4.78 is 37.6. The third kappa shape index (κ3) is 10.2. The lowest BCUT2D eigenvalue weighted by atomic mass is 9.93. The fourth-order valence-corrected chi connectivity index (χ4v) is 5.64. The molecule has 43 heavy (non-hydrogen) atoms. The van der Waals surface area contributed by atoms with Crippen molar-refractivity contribution >= 4 is 43.9 Å². The normalized spacial score (nSPS) is 10.9. The summed E-state index contributed by atoms with van der Waals surface area (Å²) >= 11 is 4.87. The van der Waals surface area contributed by atoms with Crippen LogP contribution in [0.5, 0.6) is 0 Å². The molecule has 234 valence electrons. The van der Waals surface area contributed by atoms with Gasteiger partial charge >= 0.3 is 0 Å². The highest BCUT2D eigenvalue weighted by Crippen LogP contribution is 2.40. The van der Waals surface area contributed by atoms with Gasteiger partial charge in [0.15, 0.2) is 0 Å². The highest BCUT2D eigenvalue weighted by Gasteiger charge is 2.19. The second-order valence-corrected chi connectivity index (χ2v) is 12.0. The average Bonchev–Trinajstić information content (AvgIpc) is 3.02. The maximum atomic E-state index is 10.2. The van der Waals surface area contributed by atoms with E-state index in [1.165, 1.54) is 29.2 Å². The van der Waals surface area contributed by atoms with Crippen LogP contribution in [0.3, 0.4) is 0 Å². The zero-order valence-corrected chi connectivity index (χ0v) is 28.1. The fourth-order valence-electron chi connectivity index (χ4n) is 4.98. The Morgan fingerprint density at radius 2 is 1.58 bits per heavy atom. The Balaban J connectivity index is 0.000000422. The molecule has 2 aromatic carbocycles. The molecule has 1 aliphatic heterocycles. The van der Waals surface area contributed by atoms with Gasteiger partial charge in [-0.05, 0) is 82.6 Å². The lowest BCUT2D eigenvalue weighted by Gasteiger charge is -2.22. The quantitative estimate of drug-likeness (QED) is 0.0811. The molecule has 0 amide bonds. The zero-order chi connectivity index (χ0) is 32.0. The van der Waals surface area contributed by atoms with Crippen molar-refractivity contribution in [2.75, 3.05) is 43.9 Å². The van der Waals surface area contributed by atoms with E-state index >= 15 is 0 Å². The minimum absolute atomic E-state index is 0.187. The number of rotatable bonds is 11. The Labute approximate surface area is 263 Å². The summed E-state index contributed by atoms with van der Waals surface area (Å²) in [6.07, 6.45) is 1.82. The highest BCUT2D eigenvalue weighted by atomic mass is 32.2. The fraction of sp³-hybridized carbons (Fsp3) is 0.412. The molecule has 0 radical (unpaired) electrons. The van der Waals surface area contributed by atoms with Crippen LogP contribution in [0.15, 0.2) is 71.1 Å². The maximum absolute atomic E-state index is 10.2. The Morgan fingerprint density at radius 3 is 2.14 bits per heavy atom. The first-order valence-corrected chi connectivity index (χ1v) is 17.1. The first-order chi connectivity index (χ1) is 20.6. The predicted octanol–water partition coefficient (Wildman–Crippen LogP) is 6.87. The lowest BCUT2D eigenvalue weighted by molar-refractivity contribution is 0.481. The number of thiocarbonyl (C=S) groups is 1. The third-order valence-electron chi connectivity index (χ3n) is 7.26. The molecule has 7 nitrogen and oxygen atoms in total. The first-order valence-electron chi connectivity index (χ1n) is 15.1.